The second kappa shape index (κ2) is 9.37. The van der Waals surface area contributed by atoms with E-state index in [4.69, 9.17) is 16.3 Å². The Hall–Kier alpha value is -2.09. The normalized spacial score (nSPS) is 20.1. The van der Waals surface area contributed by atoms with Crippen LogP contribution in [0.2, 0.25) is 5.02 Å². The SMILES string of the molecule is Cc1cc(OCC2(O)CCCN(CC(=O)Nc3cn(C)nc3C)CC2)cc(C)c1Cl. The molecule has 0 radical (unpaired) electrons. The van der Waals surface area contributed by atoms with E-state index < -0.39 is 5.60 Å². The van der Waals surface area contributed by atoms with Crippen LogP contribution in [-0.2, 0) is 11.8 Å². The number of aryl methyl sites for hydroxylation is 4. The molecular weight excluding hydrogens is 404 g/mol. The van der Waals surface area contributed by atoms with Gasteiger partial charge in [-0.15, -0.1) is 0 Å². The van der Waals surface area contributed by atoms with Crippen LogP contribution < -0.4 is 10.1 Å². The number of aliphatic hydroxyl groups is 1. The number of likely N-dealkylation sites (tertiary alicyclic amines) is 1. The summed E-state index contributed by atoms with van der Waals surface area (Å²) >= 11 is 6.22. The molecule has 7 nitrogen and oxygen atoms in total. The second-order valence-electron chi connectivity index (χ2n) is 8.36. The number of amides is 1. The summed E-state index contributed by atoms with van der Waals surface area (Å²) in [6.07, 6.45) is 3.79. The van der Waals surface area contributed by atoms with Crippen molar-refractivity contribution in [2.24, 2.45) is 7.05 Å². The number of nitrogens with zero attached hydrogens (tertiary/aromatic N) is 3. The van der Waals surface area contributed by atoms with E-state index in [9.17, 15) is 9.90 Å². The largest absolute Gasteiger partial charge is 0.491 e. The highest BCUT2D eigenvalue weighted by Gasteiger charge is 2.31. The van der Waals surface area contributed by atoms with Crippen molar-refractivity contribution >= 4 is 23.2 Å². The van der Waals surface area contributed by atoms with Gasteiger partial charge in [0.25, 0.3) is 0 Å². The van der Waals surface area contributed by atoms with Gasteiger partial charge in [-0.1, -0.05) is 11.6 Å². The maximum Gasteiger partial charge on any atom is 0.238 e. The molecule has 3 rings (SSSR count). The zero-order valence-electron chi connectivity index (χ0n) is 18.2. The van der Waals surface area contributed by atoms with Crippen molar-refractivity contribution in [1.82, 2.24) is 14.7 Å². The van der Waals surface area contributed by atoms with Crippen molar-refractivity contribution in [3.05, 3.63) is 40.2 Å². The standard InChI is InChI=1S/C22H31ClN4O3/c1-15-10-18(11-16(2)21(15)23)30-14-22(29)6-5-8-27(9-7-22)13-20(28)24-19-12-26(4)25-17(19)3/h10-12,29H,5-9,13-14H2,1-4H3,(H,24,28). The second-order valence-corrected chi connectivity index (χ2v) is 8.74. The summed E-state index contributed by atoms with van der Waals surface area (Å²) in [6.45, 7) is 7.67. The van der Waals surface area contributed by atoms with E-state index in [1.54, 1.807) is 10.9 Å². The molecule has 1 amide bonds. The average molecular weight is 435 g/mol. The Morgan fingerprint density at radius 3 is 2.60 bits per heavy atom. The lowest BCUT2D eigenvalue weighted by Gasteiger charge is -2.27. The van der Waals surface area contributed by atoms with Gasteiger partial charge in [-0.25, -0.2) is 0 Å². The maximum absolute atomic E-state index is 12.4. The van der Waals surface area contributed by atoms with Crippen LogP contribution in [0.1, 0.15) is 36.1 Å². The van der Waals surface area contributed by atoms with Crippen molar-refractivity contribution in [1.29, 1.82) is 0 Å². The third kappa shape index (κ3) is 5.74. The molecule has 2 heterocycles. The third-order valence-electron chi connectivity index (χ3n) is 5.58. The lowest BCUT2D eigenvalue weighted by molar-refractivity contribution is -0.117. The lowest BCUT2D eigenvalue weighted by atomic mass is 9.96. The van der Waals surface area contributed by atoms with Crippen molar-refractivity contribution < 1.29 is 14.6 Å². The van der Waals surface area contributed by atoms with Crippen LogP contribution in [0.5, 0.6) is 5.75 Å². The summed E-state index contributed by atoms with van der Waals surface area (Å²) in [6, 6.07) is 3.79. The molecule has 1 fully saturated rings. The van der Waals surface area contributed by atoms with Gasteiger partial charge in [0.15, 0.2) is 0 Å². The van der Waals surface area contributed by atoms with Gasteiger partial charge in [0.2, 0.25) is 5.91 Å². The van der Waals surface area contributed by atoms with E-state index in [0.717, 1.165) is 46.2 Å². The highest BCUT2D eigenvalue weighted by molar-refractivity contribution is 6.32. The minimum absolute atomic E-state index is 0.0695. The van der Waals surface area contributed by atoms with E-state index in [1.807, 2.05) is 40.0 Å². The molecule has 1 atom stereocenters. The van der Waals surface area contributed by atoms with Crippen molar-refractivity contribution in [2.75, 3.05) is 31.6 Å². The Labute approximate surface area is 183 Å². The van der Waals surface area contributed by atoms with Gasteiger partial charge < -0.3 is 15.2 Å². The fraction of sp³-hybridized carbons (Fsp3) is 0.545. The first-order chi connectivity index (χ1) is 14.1. The fourth-order valence-corrected chi connectivity index (χ4v) is 3.97. The van der Waals surface area contributed by atoms with Crippen LogP contribution in [0, 0.1) is 20.8 Å². The van der Waals surface area contributed by atoms with Gasteiger partial charge in [-0.2, -0.15) is 5.10 Å². The number of rotatable bonds is 6. The summed E-state index contributed by atoms with van der Waals surface area (Å²) in [5.41, 5.74) is 2.53. The molecular formula is C22H31ClN4O3. The molecule has 30 heavy (non-hydrogen) atoms. The minimum Gasteiger partial charge on any atom is -0.491 e. The molecule has 1 aliphatic heterocycles. The highest BCUT2D eigenvalue weighted by Crippen LogP contribution is 2.28. The van der Waals surface area contributed by atoms with E-state index in [2.05, 4.69) is 15.3 Å². The molecule has 0 saturated carbocycles. The number of hydrogen-bond donors (Lipinski definition) is 2. The monoisotopic (exact) mass is 434 g/mol. The van der Waals surface area contributed by atoms with Crippen molar-refractivity contribution in [3.63, 3.8) is 0 Å². The summed E-state index contributed by atoms with van der Waals surface area (Å²) in [5.74, 6) is 0.648. The summed E-state index contributed by atoms with van der Waals surface area (Å²) in [4.78, 5) is 14.5. The molecule has 1 saturated heterocycles. The van der Waals surface area contributed by atoms with Crippen LogP contribution >= 0.6 is 11.6 Å². The number of anilines is 1. The zero-order chi connectivity index (χ0) is 21.9. The van der Waals surface area contributed by atoms with Gasteiger partial charge in [-0.3, -0.25) is 14.4 Å². The molecule has 8 heteroatoms. The quantitative estimate of drug-likeness (QED) is 0.729. The predicted molar refractivity (Wildman–Crippen MR) is 118 cm³/mol. The number of benzene rings is 1. The first-order valence-corrected chi connectivity index (χ1v) is 10.7. The number of hydrogen-bond acceptors (Lipinski definition) is 5. The highest BCUT2D eigenvalue weighted by atomic mass is 35.5. The predicted octanol–water partition coefficient (Wildman–Crippen LogP) is 3.23. The summed E-state index contributed by atoms with van der Waals surface area (Å²) < 4.78 is 7.60. The number of aromatic nitrogens is 2. The van der Waals surface area contributed by atoms with Gasteiger partial charge in [0.1, 0.15) is 12.4 Å². The molecule has 1 unspecified atom stereocenters. The Kier molecular flexibility index (Phi) is 7.06. The first-order valence-electron chi connectivity index (χ1n) is 10.3. The Bertz CT molecular complexity index is 891. The van der Waals surface area contributed by atoms with Crippen LogP contribution in [0.3, 0.4) is 0 Å². The van der Waals surface area contributed by atoms with Gasteiger partial charge in [0, 0.05) is 24.8 Å². The molecule has 0 bridgehead atoms. The van der Waals surface area contributed by atoms with Gasteiger partial charge in [0.05, 0.1) is 23.5 Å². The minimum atomic E-state index is -0.910. The third-order valence-corrected chi connectivity index (χ3v) is 6.18. The van der Waals surface area contributed by atoms with E-state index in [1.165, 1.54) is 0 Å². The van der Waals surface area contributed by atoms with Crippen molar-refractivity contribution in [2.45, 2.75) is 45.6 Å². The van der Waals surface area contributed by atoms with Crippen LogP contribution in [0.4, 0.5) is 5.69 Å². The Morgan fingerprint density at radius 1 is 1.27 bits per heavy atom. The molecule has 2 N–H and O–H groups in total. The Balaban J connectivity index is 1.52. The number of ether oxygens (including phenoxy) is 1. The van der Waals surface area contributed by atoms with Crippen LogP contribution in [0.25, 0.3) is 0 Å². The van der Waals surface area contributed by atoms with Crippen LogP contribution in [-0.4, -0.2) is 57.5 Å². The molecule has 1 aromatic carbocycles. The maximum atomic E-state index is 12.4. The topological polar surface area (TPSA) is 79.6 Å². The number of halogens is 1. The van der Waals surface area contributed by atoms with E-state index in [0.29, 0.717) is 25.9 Å². The smallest absolute Gasteiger partial charge is 0.238 e. The summed E-state index contributed by atoms with van der Waals surface area (Å²) in [7, 11) is 1.83. The zero-order valence-corrected chi connectivity index (χ0v) is 18.9. The van der Waals surface area contributed by atoms with E-state index >= 15 is 0 Å². The van der Waals surface area contributed by atoms with E-state index in [-0.39, 0.29) is 12.5 Å². The van der Waals surface area contributed by atoms with Crippen molar-refractivity contribution in [3.8, 4) is 5.75 Å². The summed E-state index contributed by atoms with van der Waals surface area (Å²) in [5, 5.41) is 18.9. The molecule has 2 aromatic rings. The van der Waals surface area contributed by atoms with Crippen LogP contribution in [0.15, 0.2) is 18.3 Å². The van der Waals surface area contributed by atoms with Gasteiger partial charge in [-0.05, 0) is 69.8 Å². The average Bonchev–Trinajstić information content (AvgIpc) is 2.87. The first kappa shape index (κ1) is 22.6. The molecule has 1 aliphatic rings. The van der Waals surface area contributed by atoms with Gasteiger partial charge >= 0.3 is 0 Å². The number of carbonyl (C=O) groups is 1. The Morgan fingerprint density at radius 2 is 1.97 bits per heavy atom. The molecule has 1 aromatic heterocycles. The molecule has 164 valence electrons. The molecule has 0 aliphatic carbocycles. The number of nitrogens with one attached hydrogen (secondary N) is 1. The number of carbonyl (C=O) groups excluding carboxylic acids is 1. The fourth-order valence-electron chi connectivity index (χ4n) is 3.86. The lowest BCUT2D eigenvalue weighted by Crippen LogP contribution is -2.38. The molecule has 0 spiro atoms.